The Morgan fingerprint density at radius 3 is 2.62 bits per heavy atom. The van der Waals surface area contributed by atoms with Gasteiger partial charge in [-0.3, -0.25) is 0 Å². The zero-order valence-corrected chi connectivity index (χ0v) is 13.5. The van der Waals surface area contributed by atoms with Gasteiger partial charge in [-0.2, -0.15) is 0 Å². The topological polar surface area (TPSA) is 27.3 Å². The summed E-state index contributed by atoms with van der Waals surface area (Å²) in [6.07, 6.45) is 1.94. The Kier molecular flexibility index (Phi) is 3.88. The molecule has 2 aliphatic rings. The molecule has 3 nitrogen and oxygen atoms in total. The van der Waals surface area contributed by atoms with Crippen molar-refractivity contribution in [2.75, 3.05) is 29.9 Å². The minimum atomic E-state index is -0.252. The molecule has 0 bridgehead atoms. The van der Waals surface area contributed by atoms with Crippen LogP contribution in [-0.4, -0.2) is 25.2 Å². The number of piperidine rings is 1. The van der Waals surface area contributed by atoms with Crippen molar-refractivity contribution in [3.8, 4) is 0 Å². The quantitative estimate of drug-likeness (QED) is 0.883. The Hall–Kier alpha value is -2.14. The van der Waals surface area contributed by atoms with Crippen LogP contribution in [0.4, 0.5) is 20.2 Å². The van der Waals surface area contributed by atoms with E-state index in [0.29, 0.717) is 12.1 Å². The van der Waals surface area contributed by atoms with Crippen molar-refractivity contribution in [1.82, 2.24) is 5.32 Å². The van der Waals surface area contributed by atoms with E-state index < -0.39 is 0 Å². The molecule has 0 saturated carbocycles. The van der Waals surface area contributed by atoms with Gasteiger partial charge in [0.05, 0.1) is 16.9 Å². The zero-order valence-electron chi connectivity index (χ0n) is 13.5. The van der Waals surface area contributed by atoms with Crippen molar-refractivity contribution in [3.63, 3.8) is 0 Å². The lowest BCUT2D eigenvalue weighted by atomic mass is 9.85. The Morgan fingerprint density at radius 2 is 1.83 bits per heavy atom. The fraction of sp³-hybridized carbons (Fsp3) is 0.368. The maximum absolute atomic E-state index is 14.1. The van der Waals surface area contributed by atoms with E-state index in [0.717, 1.165) is 43.9 Å². The molecule has 24 heavy (non-hydrogen) atoms. The predicted octanol–water partition coefficient (Wildman–Crippen LogP) is 3.52. The first-order chi connectivity index (χ1) is 11.7. The molecule has 2 aromatic rings. The van der Waals surface area contributed by atoms with E-state index in [1.165, 1.54) is 12.1 Å². The molecule has 5 heteroatoms. The van der Waals surface area contributed by atoms with E-state index in [2.05, 4.69) is 15.5 Å². The highest BCUT2D eigenvalue weighted by atomic mass is 19.1. The van der Waals surface area contributed by atoms with Gasteiger partial charge in [0.2, 0.25) is 0 Å². The third-order valence-corrected chi connectivity index (χ3v) is 5.07. The van der Waals surface area contributed by atoms with E-state index >= 15 is 0 Å². The second kappa shape index (κ2) is 6.06. The molecule has 0 unspecified atom stereocenters. The second-order valence-corrected chi connectivity index (χ2v) is 6.76. The zero-order chi connectivity index (χ0) is 16.6. The molecule has 1 spiro atoms. The summed E-state index contributed by atoms with van der Waals surface area (Å²) in [4.78, 5) is 2.18. The van der Waals surface area contributed by atoms with Crippen LogP contribution in [0.25, 0.3) is 0 Å². The minimum absolute atomic E-state index is 0.0860. The highest BCUT2D eigenvalue weighted by Crippen LogP contribution is 2.39. The first-order valence-corrected chi connectivity index (χ1v) is 8.42. The van der Waals surface area contributed by atoms with E-state index in [-0.39, 0.29) is 17.2 Å². The van der Waals surface area contributed by atoms with Crippen molar-refractivity contribution in [3.05, 3.63) is 59.7 Å². The summed E-state index contributed by atoms with van der Waals surface area (Å²) in [7, 11) is 0. The molecular formula is C19H21F2N3. The monoisotopic (exact) mass is 329 g/mol. The number of nitrogens with zero attached hydrogens (tertiary/aromatic N) is 1. The van der Waals surface area contributed by atoms with Crippen LogP contribution in [0, 0.1) is 11.6 Å². The lowest BCUT2D eigenvalue weighted by molar-refractivity contribution is 0.331. The highest BCUT2D eigenvalue weighted by molar-refractivity contribution is 5.74. The van der Waals surface area contributed by atoms with E-state index in [4.69, 9.17) is 0 Å². The molecule has 0 atom stereocenters. The summed E-state index contributed by atoms with van der Waals surface area (Å²) < 4.78 is 27.8. The van der Waals surface area contributed by atoms with Gasteiger partial charge in [0.25, 0.3) is 0 Å². The molecule has 4 rings (SSSR count). The summed E-state index contributed by atoms with van der Waals surface area (Å²) in [6, 6.07) is 11.7. The molecule has 1 fully saturated rings. The van der Waals surface area contributed by atoms with Gasteiger partial charge in [-0.25, -0.2) is 8.78 Å². The van der Waals surface area contributed by atoms with Crippen molar-refractivity contribution in [1.29, 1.82) is 0 Å². The number of benzene rings is 2. The van der Waals surface area contributed by atoms with Gasteiger partial charge in [0, 0.05) is 18.7 Å². The Labute approximate surface area is 140 Å². The maximum Gasteiger partial charge on any atom is 0.128 e. The van der Waals surface area contributed by atoms with Crippen LogP contribution < -0.4 is 15.5 Å². The van der Waals surface area contributed by atoms with Gasteiger partial charge in [-0.05, 0) is 50.2 Å². The largest absolute Gasteiger partial charge is 0.376 e. The first-order valence-electron chi connectivity index (χ1n) is 8.42. The summed E-state index contributed by atoms with van der Waals surface area (Å²) in [6.45, 7) is 3.15. The van der Waals surface area contributed by atoms with Crippen molar-refractivity contribution in [2.45, 2.75) is 24.9 Å². The molecule has 2 aromatic carbocycles. The van der Waals surface area contributed by atoms with E-state index in [1.54, 1.807) is 18.2 Å². The third-order valence-electron chi connectivity index (χ3n) is 5.07. The van der Waals surface area contributed by atoms with Crippen molar-refractivity contribution in [2.24, 2.45) is 0 Å². The molecule has 126 valence electrons. The molecule has 0 amide bonds. The number of fused-ring (bicyclic) bond motifs is 1. The molecule has 0 aromatic heterocycles. The van der Waals surface area contributed by atoms with Crippen LogP contribution in [0.3, 0.4) is 0 Å². The van der Waals surface area contributed by atoms with E-state index in [1.807, 2.05) is 12.1 Å². The van der Waals surface area contributed by atoms with Gasteiger partial charge >= 0.3 is 0 Å². The van der Waals surface area contributed by atoms with Crippen LogP contribution in [0.15, 0.2) is 42.5 Å². The average Bonchev–Trinajstić information content (AvgIpc) is 2.57. The van der Waals surface area contributed by atoms with Crippen LogP contribution in [-0.2, 0) is 6.54 Å². The number of anilines is 2. The van der Waals surface area contributed by atoms with Gasteiger partial charge in [-0.15, -0.1) is 0 Å². The molecule has 0 aliphatic carbocycles. The van der Waals surface area contributed by atoms with Crippen LogP contribution in [0.5, 0.6) is 0 Å². The van der Waals surface area contributed by atoms with E-state index in [9.17, 15) is 8.78 Å². The normalized spacial score (nSPS) is 19.0. The maximum atomic E-state index is 14.1. The lowest BCUT2D eigenvalue weighted by Crippen LogP contribution is -2.57. The van der Waals surface area contributed by atoms with Crippen LogP contribution in [0.1, 0.15) is 18.4 Å². The first kappa shape index (κ1) is 15.4. The minimum Gasteiger partial charge on any atom is -0.376 e. The SMILES string of the molecule is Fc1ccc2c(c1)NC1(CCNCC1)CN2Cc1ccccc1F. The summed E-state index contributed by atoms with van der Waals surface area (Å²) in [5, 5.41) is 6.94. The highest BCUT2D eigenvalue weighted by Gasteiger charge is 2.38. The summed E-state index contributed by atoms with van der Waals surface area (Å²) >= 11 is 0. The number of hydrogen-bond acceptors (Lipinski definition) is 3. The third kappa shape index (κ3) is 2.84. The Balaban J connectivity index is 1.70. The standard InChI is InChI=1S/C19H21F2N3/c20-15-5-6-18-17(11-15)23-19(7-9-22-10-8-19)13-24(18)12-14-3-1-2-4-16(14)21/h1-6,11,22-23H,7-10,12-13H2. The second-order valence-electron chi connectivity index (χ2n) is 6.76. The molecule has 1 saturated heterocycles. The van der Waals surface area contributed by atoms with Crippen LogP contribution in [0.2, 0.25) is 0 Å². The number of rotatable bonds is 2. The molecular weight excluding hydrogens is 308 g/mol. The lowest BCUT2D eigenvalue weighted by Gasteiger charge is -2.48. The molecule has 2 heterocycles. The van der Waals surface area contributed by atoms with Crippen molar-refractivity contribution >= 4 is 11.4 Å². The van der Waals surface area contributed by atoms with Gasteiger partial charge < -0.3 is 15.5 Å². The molecule has 0 radical (unpaired) electrons. The fourth-order valence-electron chi connectivity index (χ4n) is 3.82. The van der Waals surface area contributed by atoms with Gasteiger partial charge in [0.15, 0.2) is 0 Å². The number of nitrogens with one attached hydrogen (secondary N) is 2. The van der Waals surface area contributed by atoms with Crippen LogP contribution >= 0.6 is 0 Å². The summed E-state index contributed by atoms with van der Waals surface area (Å²) in [5.41, 5.74) is 2.32. The summed E-state index contributed by atoms with van der Waals surface area (Å²) in [5.74, 6) is -0.447. The van der Waals surface area contributed by atoms with Gasteiger partial charge in [0.1, 0.15) is 11.6 Å². The average molecular weight is 329 g/mol. The van der Waals surface area contributed by atoms with Crippen molar-refractivity contribution < 1.29 is 8.78 Å². The Morgan fingerprint density at radius 1 is 1.04 bits per heavy atom. The number of hydrogen-bond donors (Lipinski definition) is 2. The smallest absolute Gasteiger partial charge is 0.128 e. The molecule has 2 N–H and O–H groups in total. The molecule has 2 aliphatic heterocycles. The predicted molar refractivity (Wildman–Crippen MR) is 92.3 cm³/mol. The fourth-order valence-corrected chi connectivity index (χ4v) is 3.82. The Bertz CT molecular complexity index is 741. The van der Waals surface area contributed by atoms with Gasteiger partial charge in [-0.1, -0.05) is 18.2 Å². The number of halogens is 2.